The van der Waals surface area contributed by atoms with Crippen LogP contribution in [0.5, 0.6) is 5.75 Å². The van der Waals surface area contributed by atoms with E-state index in [0.717, 1.165) is 0 Å². The molecule has 0 bridgehead atoms. The number of halogens is 1. The molecule has 5 nitrogen and oxygen atoms in total. The summed E-state index contributed by atoms with van der Waals surface area (Å²) in [5.41, 5.74) is 6.28. The smallest absolute Gasteiger partial charge is 0.265 e. The van der Waals surface area contributed by atoms with Gasteiger partial charge in [0, 0.05) is 19.6 Å². The van der Waals surface area contributed by atoms with Crippen molar-refractivity contribution in [3.8, 4) is 5.75 Å². The SMILES string of the molecule is Cc1nc(COc2ccc(F)cc2)sc1C(=O)N(C)C(C)CN. The van der Waals surface area contributed by atoms with Gasteiger partial charge in [0.05, 0.1) is 5.69 Å². The Morgan fingerprint density at radius 1 is 1.43 bits per heavy atom. The third kappa shape index (κ3) is 4.27. The molecule has 1 amide bonds. The van der Waals surface area contributed by atoms with Gasteiger partial charge in [0.2, 0.25) is 0 Å². The molecule has 2 rings (SSSR count). The summed E-state index contributed by atoms with van der Waals surface area (Å²) in [6, 6.07) is 5.74. The number of hydrogen-bond acceptors (Lipinski definition) is 5. The summed E-state index contributed by atoms with van der Waals surface area (Å²) in [5, 5.41) is 0.698. The van der Waals surface area contributed by atoms with Crippen molar-refractivity contribution in [1.82, 2.24) is 9.88 Å². The molecule has 1 unspecified atom stereocenters. The molecule has 0 spiro atoms. The number of thiazole rings is 1. The van der Waals surface area contributed by atoms with E-state index >= 15 is 0 Å². The summed E-state index contributed by atoms with van der Waals surface area (Å²) in [5.74, 6) is 0.152. The number of amides is 1. The molecular weight excluding hydrogens is 317 g/mol. The summed E-state index contributed by atoms with van der Waals surface area (Å²) >= 11 is 1.30. The van der Waals surface area contributed by atoms with Gasteiger partial charge >= 0.3 is 0 Å². The maximum atomic E-state index is 12.8. The fraction of sp³-hybridized carbons (Fsp3) is 0.375. The van der Waals surface area contributed by atoms with Gasteiger partial charge in [0.1, 0.15) is 28.1 Å². The number of benzene rings is 1. The van der Waals surface area contributed by atoms with Gasteiger partial charge in [0.25, 0.3) is 5.91 Å². The van der Waals surface area contributed by atoms with E-state index in [0.29, 0.717) is 27.9 Å². The van der Waals surface area contributed by atoms with Gasteiger partial charge in [-0.2, -0.15) is 0 Å². The lowest BCUT2D eigenvalue weighted by atomic mass is 10.2. The van der Waals surface area contributed by atoms with Crippen molar-refractivity contribution in [3.05, 3.63) is 45.7 Å². The van der Waals surface area contributed by atoms with E-state index in [4.69, 9.17) is 10.5 Å². The first-order valence-corrected chi connectivity index (χ1v) is 8.06. The molecule has 23 heavy (non-hydrogen) atoms. The Labute approximate surface area is 138 Å². The first-order valence-electron chi connectivity index (χ1n) is 7.24. The zero-order valence-electron chi connectivity index (χ0n) is 13.4. The highest BCUT2D eigenvalue weighted by atomic mass is 32.1. The fourth-order valence-electron chi connectivity index (χ4n) is 1.91. The summed E-state index contributed by atoms with van der Waals surface area (Å²) < 4.78 is 18.4. The van der Waals surface area contributed by atoms with Crippen LogP contribution in [0.25, 0.3) is 0 Å². The van der Waals surface area contributed by atoms with Gasteiger partial charge in [-0.25, -0.2) is 9.37 Å². The van der Waals surface area contributed by atoms with Crippen LogP contribution < -0.4 is 10.5 Å². The fourth-order valence-corrected chi connectivity index (χ4v) is 2.87. The maximum Gasteiger partial charge on any atom is 0.265 e. The number of ether oxygens (including phenoxy) is 1. The molecule has 0 radical (unpaired) electrons. The molecule has 0 fully saturated rings. The molecule has 0 aliphatic rings. The number of aromatic nitrogens is 1. The summed E-state index contributed by atoms with van der Waals surface area (Å²) in [6.07, 6.45) is 0. The molecule has 2 N–H and O–H groups in total. The monoisotopic (exact) mass is 337 g/mol. The average Bonchev–Trinajstić information content (AvgIpc) is 2.93. The highest BCUT2D eigenvalue weighted by Gasteiger charge is 2.21. The topological polar surface area (TPSA) is 68.5 Å². The van der Waals surface area contributed by atoms with Crippen molar-refractivity contribution < 1.29 is 13.9 Å². The molecule has 2 aromatic rings. The van der Waals surface area contributed by atoms with Crippen LogP contribution in [0.4, 0.5) is 4.39 Å². The molecule has 1 atom stereocenters. The molecule has 0 aliphatic carbocycles. The van der Waals surface area contributed by atoms with Crippen molar-refractivity contribution >= 4 is 17.2 Å². The van der Waals surface area contributed by atoms with Crippen LogP contribution in [-0.2, 0) is 6.61 Å². The van der Waals surface area contributed by atoms with Crippen molar-refractivity contribution in [3.63, 3.8) is 0 Å². The molecule has 7 heteroatoms. The van der Waals surface area contributed by atoms with Gasteiger partial charge < -0.3 is 15.4 Å². The number of likely N-dealkylation sites (N-methyl/N-ethyl adjacent to an activating group) is 1. The minimum absolute atomic E-state index is 0.0390. The number of nitrogens with two attached hydrogens (primary N) is 1. The minimum atomic E-state index is -0.313. The Hall–Kier alpha value is -1.99. The van der Waals surface area contributed by atoms with Crippen molar-refractivity contribution in [2.24, 2.45) is 5.73 Å². The largest absolute Gasteiger partial charge is 0.486 e. The molecule has 124 valence electrons. The highest BCUT2D eigenvalue weighted by Crippen LogP contribution is 2.22. The second-order valence-electron chi connectivity index (χ2n) is 5.27. The zero-order chi connectivity index (χ0) is 17.0. The molecule has 0 saturated heterocycles. The number of rotatable bonds is 6. The average molecular weight is 337 g/mol. The molecule has 1 aromatic heterocycles. The Morgan fingerprint density at radius 2 is 2.09 bits per heavy atom. The lowest BCUT2D eigenvalue weighted by molar-refractivity contribution is 0.0752. The Kier molecular flexibility index (Phi) is 5.68. The van der Waals surface area contributed by atoms with Crippen molar-refractivity contribution in [2.45, 2.75) is 26.5 Å². The minimum Gasteiger partial charge on any atom is -0.486 e. The van der Waals surface area contributed by atoms with Gasteiger partial charge in [0.15, 0.2) is 0 Å². The molecule has 1 heterocycles. The molecule has 1 aromatic carbocycles. The van der Waals surface area contributed by atoms with Gasteiger partial charge in [-0.05, 0) is 38.1 Å². The second-order valence-corrected chi connectivity index (χ2v) is 6.35. The normalized spacial score (nSPS) is 12.0. The Bertz CT molecular complexity index is 672. The Balaban J connectivity index is 2.05. The number of hydrogen-bond donors (Lipinski definition) is 1. The van der Waals surface area contributed by atoms with Crippen LogP contribution in [0.1, 0.15) is 27.3 Å². The maximum absolute atomic E-state index is 12.8. The predicted octanol–water partition coefficient (Wildman–Crippen LogP) is 2.59. The van der Waals surface area contributed by atoms with Crippen molar-refractivity contribution in [2.75, 3.05) is 13.6 Å². The third-order valence-corrected chi connectivity index (χ3v) is 4.65. The predicted molar refractivity (Wildman–Crippen MR) is 88.2 cm³/mol. The van der Waals surface area contributed by atoms with Crippen LogP contribution in [-0.4, -0.2) is 35.4 Å². The highest BCUT2D eigenvalue weighted by molar-refractivity contribution is 7.13. The van der Waals surface area contributed by atoms with Gasteiger partial charge in [-0.15, -0.1) is 11.3 Å². The summed E-state index contributed by atoms with van der Waals surface area (Å²) in [4.78, 5) is 19.0. The van der Waals surface area contributed by atoms with Crippen molar-refractivity contribution in [1.29, 1.82) is 0 Å². The standard InChI is InChI=1S/C16H20FN3O2S/c1-10(8-18)20(3)16(21)15-11(2)19-14(23-15)9-22-13-6-4-12(17)5-7-13/h4-7,10H,8-9,18H2,1-3H3. The third-order valence-electron chi connectivity index (χ3n) is 3.53. The van der Waals surface area contributed by atoms with E-state index in [1.54, 1.807) is 31.0 Å². The number of nitrogens with zero attached hydrogens (tertiary/aromatic N) is 2. The van der Waals surface area contributed by atoms with Gasteiger partial charge in [-0.3, -0.25) is 4.79 Å². The molecule has 0 saturated carbocycles. The van der Waals surface area contributed by atoms with Crippen LogP contribution in [0.3, 0.4) is 0 Å². The molecular formula is C16H20FN3O2S. The molecule has 0 aliphatic heterocycles. The van der Waals surface area contributed by atoms with E-state index in [9.17, 15) is 9.18 Å². The first kappa shape index (κ1) is 17.4. The summed E-state index contributed by atoms with van der Waals surface area (Å²) in [7, 11) is 1.73. The van der Waals surface area contributed by atoms with E-state index in [2.05, 4.69) is 4.98 Å². The first-order chi connectivity index (χ1) is 10.9. The second kappa shape index (κ2) is 7.52. The van der Waals surface area contributed by atoms with E-state index in [1.165, 1.54) is 23.5 Å². The van der Waals surface area contributed by atoms with E-state index in [1.807, 2.05) is 6.92 Å². The lowest BCUT2D eigenvalue weighted by Gasteiger charge is -2.23. The van der Waals surface area contributed by atoms with Crippen LogP contribution in [0.2, 0.25) is 0 Å². The Morgan fingerprint density at radius 3 is 2.70 bits per heavy atom. The van der Waals surface area contributed by atoms with Crippen LogP contribution in [0.15, 0.2) is 24.3 Å². The number of carbonyl (C=O) groups is 1. The quantitative estimate of drug-likeness (QED) is 0.880. The number of aryl methyl sites for hydroxylation is 1. The van der Waals surface area contributed by atoms with E-state index in [-0.39, 0.29) is 24.4 Å². The van der Waals surface area contributed by atoms with Crippen LogP contribution in [0, 0.1) is 12.7 Å². The zero-order valence-corrected chi connectivity index (χ0v) is 14.2. The van der Waals surface area contributed by atoms with Gasteiger partial charge in [-0.1, -0.05) is 0 Å². The van der Waals surface area contributed by atoms with Crippen LogP contribution >= 0.6 is 11.3 Å². The summed E-state index contributed by atoms with van der Waals surface area (Å²) in [6.45, 7) is 4.33. The van der Waals surface area contributed by atoms with E-state index < -0.39 is 0 Å². The number of carbonyl (C=O) groups excluding carboxylic acids is 1. The lowest BCUT2D eigenvalue weighted by Crippen LogP contribution is -2.39.